The molecule has 1 N–H and O–H groups in total. The standard InChI is InChI=1S/C20H16F2N2O2S/c21-20(22)26-17-9-2-1-8-16(17)19(25)24-15-7-5-6-14(12-15)13-27-18-10-3-4-11-23-18/h1-12,20H,13H2,(H,24,25). The highest BCUT2D eigenvalue weighted by Gasteiger charge is 2.15. The Hall–Kier alpha value is -2.93. The van der Waals surface area contributed by atoms with Gasteiger partial charge in [0.2, 0.25) is 0 Å². The van der Waals surface area contributed by atoms with E-state index in [1.807, 2.05) is 36.4 Å². The molecular weight excluding hydrogens is 370 g/mol. The number of carbonyl (C=O) groups is 1. The van der Waals surface area contributed by atoms with E-state index in [1.165, 1.54) is 18.2 Å². The molecule has 0 spiro atoms. The van der Waals surface area contributed by atoms with Gasteiger partial charge in [0.1, 0.15) is 5.75 Å². The van der Waals surface area contributed by atoms with Gasteiger partial charge in [-0.1, -0.05) is 30.3 Å². The number of benzene rings is 2. The molecule has 3 aromatic rings. The highest BCUT2D eigenvalue weighted by atomic mass is 32.2. The van der Waals surface area contributed by atoms with E-state index in [9.17, 15) is 13.6 Å². The topological polar surface area (TPSA) is 51.2 Å². The lowest BCUT2D eigenvalue weighted by Crippen LogP contribution is -2.15. The lowest BCUT2D eigenvalue weighted by atomic mass is 10.1. The number of rotatable bonds is 7. The minimum atomic E-state index is -2.99. The van der Waals surface area contributed by atoms with E-state index < -0.39 is 12.5 Å². The normalized spacial score (nSPS) is 10.6. The summed E-state index contributed by atoms with van der Waals surface area (Å²) >= 11 is 1.58. The molecule has 0 atom stereocenters. The molecule has 2 aromatic carbocycles. The number of pyridine rings is 1. The van der Waals surface area contributed by atoms with Crippen LogP contribution in [0.5, 0.6) is 5.75 Å². The Morgan fingerprint density at radius 2 is 1.89 bits per heavy atom. The van der Waals surface area contributed by atoms with Gasteiger partial charge in [-0.05, 0) is 42.0 Å². The van der Waals surface area contributed by atoms with Crippen LogP contribution in [0.3, 0.4) is 0 Å². The van der Waals surface area contributed by atoms with Crippen molar-refractivity contribution in [1.29, 1.82) is 0 Å². The predicted octanol–water partition coefficient (Wildman–Crippen LogP) is 5.23. The fourth-order valence-corrected chi connectivity index (χ4v) is 3.18. The van der Waals surface area contributed by atoms with Crippen LogP contribution in [-0.4, -0.2) is 17.5 Å². The molecule has 7 heteroatoms. The van der Waals surface area contributed by atoms with E-state index in [1.54, 1.807) is 30.1 Å². The molecule has 27 heavy (non-hydrogen) atoms. The summed E-state index contributed by atoms with van der Waals surface area (Å²) in [7, 11) is 0. The quantitative estimate of drug-likeness (QED) is 0.565. The zero-order valence-electron chi connectivity index (χ0n) is 14.1. The number of aromatic nitrogens is 1. The fraction of sp³-hybridized carbons (Fsp3) is 0.100. The molecule has 0 aliphatic rings. The molecule has 0 radical (unpaired) electrons. The molecule has 0 saturated heterocycles. The maximum atomic E-state index is 12.5. The molecule has 1 aromatic heterocycles. The van der Waals surface area contributed by atoms with Gasteiger partial charge in [-0.25, -0.2) is 4.98 Å². The number of ether oxygens (including phenoxy) is 1. The van der Waals surface area contributed by atoms with Crippen LogP contribution >= 0.6 is 11.8 Å². The van der Waals surface area contributed by atoms with Crippen LogP contribution in [0.4, 0.5) is 14.5 Å². The Balaban J connectivity index is 1.68. The lowest BCUT2D eigenvalue weighted by Gasteiger charge is -2.11. The van der Waals surface area contributed by atoms with Gasteiger partial charge in [-0.15, -0.1) is 11.8 Å². The molecule has 0 aliphatic carbocycles. The summed E-state index contributed by atoms with van der Waals surface area (Å²) in [5.74, 6) is 0.0128. The van der Waals surface area contributed by atoms with Crippen molar-refractivity contribution in [3.63, 3.8) is 0 Å². The fourth-order valence-electron chi connectivity index (χ4n) is 2.38. The summed E-state index contributed by atoms with van der Waals surface area (Å²) < 4.78 is 29.4. The largest absolute Gasteiger partial charge is 0.434 e. The number of nitrogens with one attached hydrogen (secondary N) is 1. The van der Waals surface area contributed by atoms with Crippen LogP contribution < -0.4 is 10.1 Å². The van der Waals surface area contributed by atoms with Crippen molar-refractivity contribution < 1.29 is 18.3 Å². The lowest BCUT2D eigenvalue weighted by molar-refractivity contribution is -0.0501. The molecule has 0 bridgehead atoms. The van der Waals surface area contributed by atoms with Crippen LogP contribution in [0.2, 0.25) is 0 Å². The van der Waals surface area contributed by atoms with E-state index in [-0.39, 0.29) is 11.3 Å². The van der Waals surface area contributed by atoms with Crippen molar-refractivity contribution in [1.82, 2.24) is 4.98 Å². The van der Waals surface area contributed by atoms with E-state index in [4.69, 9.17) is 0 Å². The maximum absolute atomic E-state index is 12.5. The van der Waals surface area contributed by atoms with Crippen LogP contribution in [-0.2, 0) is 5.75 Å². The van der Waals surface area contributed by atoms with Gasteiger partial charge in [-0.2, -0.15) is 8.78 Å². The number of amides is 1. The number of alkyl halides is 2. The van der Waals surface area contributed by atoms with Crippen molar-refractivity contribution in [2.75, 3.05) is 5.32 Å². The summed E-state index contributed by atoms with van der Waals surface area (Å²) in [6.07, 6.45) is 1.73. The number of nitrogens with zero attached hydrogens (tertiary/aromatic N) is 1. The minimum Gasteiger partial charge on any atom is -0.434 e. The Kier molecular flexibility index (Phi) is 6.38. The Labute approximate surface area is 159 Å². The number of hydrogen-bond acceptors (Lipinski definition) is 4. The molecule has 0 fully saturated rings. The molecule has 3 rings (SSSR count). The number of halogens is 2. The first-order valence-electron chi connectivity index (χ1n) is 8.10. The highest BCUT2D eigenvalue weighted by Crippen LogP contribution is 2.24. The molecule has 4 nitrogen and oxygen atoms in total. The van der Waals surface area contributed by atoms with Gasteiger partial charge in [0, 0.05) is 17.6 Å². The number of anilines is 1. The number of carbonyl (C=O) groups excluding carboxylic acids is 1. The predicted molar refractivity (Wildman–Crippen MR) is 101 cm³/mol. The maximum Gasteiger partial charge on any atom is 0.387 e. The molecular formula is C20H16F2N2O2S. The zero-order chi connectivity index (χ0) is 19.1. The Bertz CT molecular complexity index is 907. The Morgan fingerprint density at radius 1 is 1.07 bits per heavy atom. The number of hydrogen-bond donors (Lipinski definition) is 1. The SMILES string of the molecule is O=C(Nc1cccc(CSc2ccccn2)c1)c1ccccc1OC(F)F. The second kappa shape index (κ2) is 9.14. The van der Waals surface area contributed by atoms with E-state index >= 15 is 0 Å². The van der Waals surface area contributed by atoms with Crippen molar-refractivity contribution in [3.05, 3.63) is 84.1 Å². The summed E-state index contributed by atoms with van der Waals surface area (Å²) in [4.78, 5) is 16.7. The average molecular weight is 386 g/mol. The van der Waals surface area contributed by atoms with Crippen LogP contribution in [0, 0.1) is 0 Å². The van der Waals surface area contributed by atoms with Gasteiger partial charge in [0.25, 0.3) is 5.91 Å². The van der Waals surface area contributed by atoms with E-state index in [2.05, 4.69) is 15.0 Å². The highest BCUT2D eigenvalue weighted by molar-refractivity contribution is 7.98. The zero-order valence-corrected chi connectivity index (χ0v) is 15.0. The van der Waals surface area contributed by atoms with Crippen molar-refractivity contribution in [3.8, 4) is 5.75 Å². The molecule has 138 valence electrons. The van der Waals surface area contributed by atoms with Gasteiger partial charge in [0.05, 0.1) is 10.6 Å². The second-order valence-electron chi connectivity index (χ2n) is 5.49. The van der Waals surface area contributed by atoms with Crippen molar-refractivity contribution in [2.24, 2.45) is 0 Å². The van der Waals surface area contributed by atoms with Crippen LogP contribution in [0.1, 0.15) is 15.9 Å². The Morgan fingerprint density at radius 3 is 2.67 bits per heavy atom. The van der Waals surface area contributed by atoms with Gasteiger partial charge >= 0.3 is 6.61 Å². The van der Waals surface area contributed by atoms with Crippen LogP contribution in [0.15, 0.2) is 78.0 Å². The summed E-state index contributed by atoms with van der Waals surface area (Å²) in [5.41, 5.74) is 1.62. The molecule has 1 heterocycles. The molecule has 1 amide bonds. The third kappa shape index (κ3) is 5.52. The number of thioether (sulfide) groups is 1. The third-order valence-electron chi connectivity index (χ3n) is 3.56. The smallest absolute Gasteiger partial charge is 0.387 e. The molecule has 0 unspecified atom stereocenters. The second-order valence-corrected chi connectivity index (χ2v) is 6.48. The average Bonchev–Trinajstić information content (AvgIpc) is 2.67. The third-order valence-corrected chi connectivity index (χ3v) is 4.57. The van der Waals surface area contributed by atoms with Crippen molar-refractivity contribution in [2.45, 2.75) is 17.4 Å². The summed E-state index contributed by atoms with van der Waals surface area (Å²) in [6, 6.07) is 18.9. The van der Waals surface area contributed by atoms with E-state index in [0.29, 0.717) is 11.4 Å². The monoisotopic (exact) mass is 386 g/mol. The summed E-state index contributed by atoms with van der Waals surface area (Å²) in [5, 5.41) is 3.63. The van der Waals surface area contributed by atoms with Gasteiger partial charge in [0.15, 0.2) is 0 Å². The van der Waals surface area contributed by atoms with Gasteiger partial charge in [-0.3, -0.25) is 4.79 Å². The molecule has 0 saturated carbocycles. The first-order chi connectivity index (χ1) is 13.1. The van der Waals surface area contributed by atoms with Gasteiger partial charge < -0.3 is 10.1 Å². The van der Waals surface area contributed by atoms with Crippen molar-refractivity contribution >= 4 is 23.4 Å². The summed E-state index contributed by atoms with van der Waals surface area (Å²) in [6.45, 7) is -2.99. The molecule has 0 aliphatic heterocycles. The first-order valence-corrected chi connectivity index (χ1v) is 9.08. The first kappa shape index (κ1) is 18.8. The number of para-hydroxylation sites is 1. The van der Waals surface area contributed by atoms with Crippen LogP contribution in [0.25, 0.3) is 0 Å². The van der Waals surface area contributed by atoms with E-state index in [0.717, 1.165) is 10.6 Å². The minimum absolute atomic E-state index is 0.0473.